The van der Waals surface area contributed by atoms with E-state index in [0.717, 1.165) is 24.5 Å². The standard InChI is InChI=1S/C21H31N3/c1-2-3-6-15-19-20(22)24(16-17-11-7-4-8-12-17)21(23-19)18-13-9-5-10-14-18/h4,7-8,11-12,18H,2-3,5-6,9-10,13-16,22H2,1H3. The summed E-state index contributed by atoms with van der Waals surface area (Å²) in [6.07, 6.45) is 11.2. The number of hydrogen-bond donors (Lipinski definition) is 1. The first-order valence-electron chi connectivity index (χ1n) is 9.68. The molecule has 1 aliphatic rings. The summed E-state index contributed by atoms with van der Waals surface area (Å²) in [5.74, 6) is 2.72. The van der Waals surface area contributed by atoms with Crippen LogP contribution in [-0.4, -0.2) is 9.55 Å². The van der Waals surface area contributed by atoms with E-state index in [1.807, 2.05) is 0 Å². The first kappa shape index (κ1) is 17.1. The van der Waals surface area contributed by atoms with Crippen LogP contribution < -0.4 is 5.73 Å². The predicted molar refractivity (Wildman–Crippen MR) is 101 cm³/mol. The molecule has 1 fully saturated rings. The number of rotatable bonds is 7. The Morgan fingerprint density at radius 3 is 2.54 bits per heavy atom. The average molecular weight is 326 g/mol. The molecule has 0 radical (unpaired) electrons. The Morgan fingerprint density at radius 1 is 1.08 bits per heavy atom. The summed E-state index contributed by atoms with van der Waals surface area (Å²) in [5, 5.41) is 0. The maximum absolute atomic E-state index is 6.54. The third-order valence-corrected chi connectivity index (χ3v) is 5.28. The van der Waals surface area contributed by atoms with E-state index in [1.54, 1.807) is 0 Å². The zero-order valence-corrected chi connectivity index (χ0v) is 15.0. The van der Waals surface area contributed by atoms with Crippen molar-refractivity contribution < 1.29 is 0 Å². The number of anilines is 1. The molecule has 1 heterocycles. The molecule has 0 bridgehead atoms. The quantitative estimate of drug-likeness (QED) is 0.703. The summed E-state index contributed by atoms with van der Waals surface area (Å²) in [6.45, 7) is 3.09. The van der Waals surface area contributed by atoms with E-state index in [2.05, 4.69) is 41.8 Å². The van der Waals surface area contributed by atoms with Crippen molar-refractivity contribution in [2.75, 3.05) is 5.73 Å². The molecule has 3 nitrogen and oxygen atoms in total. The second-order valence-electron chi connectivity index (χ2n) is 7.17. The lowest BCUT2D eigenvalue weighted by Crippen LogP contribution is -2.14. The molecule has 1 aromatic heterocycles. The van der Waals surface area contributed by atoms with Crippen LogP contribution in [0.2, 0.25) is 0 Å². The van der Waals surface area contributed by atoms with Gasteiger partial charge >= 0.3 is 0 Å². The zero-order chi connectivity index (χ0) is 16.8. The highest BCUT2D eigenvalue weighted by atomic mass is 15.1. The molecular weight excluding hydrogens is 294 g/mol. The van der Waals surface area contributed by atoms with Crippen LogP contribution in [0.5, 0.6) is 0 Å². The fraction of sp³-hybridized carbons (Fsp3) is 0.571. The fourth-order valence-electron chi connectivity index (χ4n) is 3.87. The summed E-state index contributed by atoms with van der Waals surface area (Å²) < 4.78 is 2.30. The molecule has 0 saturated heterocycles. The Bertz CT molecular complexity index is 624. The Hall–Kier alpha value is -1.77. The number of nitrogens with two attached hydrogens (primary N) is 1. The Morgan fingerprint density at radius 2 is 1.83 bits per heavy atom. The minimum atomic E-state index is 0.588. The molecular formula is C21H31N3. The fourth-order valence-corrected chi connectivity index (χ4v) is 3.87. The third kappa shape index (κ3) is 4.00. The lowest BCUT2D eigenvalue weighted by Gasteiger charge is -2.22. The van der Waals surface area contributed by atoms with Crippen molar-refractivity contribution >= 4 is 5.82 Å². The van der Waals surface area contributed by atoms with Gasteiger partial charge in [-0.05, 0) is 31.2 Å². The van der Waals surface area contributed by atoms with E-state index < -0.39 is 0 Å². The van der Waals surface area contributed by atoms with E-state index in [0.29, 0.717) is 5.92 Å². The molecule has 1 saturated carbocycles. The van der Waals surface area contributed by atoms with Gasteiger partial charge in [0.25, 0.3) is 0 Å². The van der Waals surface area contributed by atoms with E-state index in [1.165, 1.54) is 62.8 Å². The van der Waals surface area contributed by atoms with Crippen LogP contribution in [0.1, 0.15) is 81.3 Å². The highest BCUT2D eigenvalue weighted by Crippen LogP contribution is 2.34. The molecule has 2 aromatic rings. The third-order valence-electron chi connectivity index (χ3n) is 5.28. The van der Waals surface area contributed by atoms with Crippen LogP contribution in [0.4, 0.5) is 5.82 Å². The first-order chi connectivity index (χ1) is 11.8. The van der Waals surface area contributed by atoms with Gasteiger partial charge in [0.2, 0.25) is 0 Å². The van der Waals surface area contributed by atoms with Crippen molar-refractivity contribution in [3.63, 3.8) is 0 Å². The molecule has 3 rings (SSSR count). The minimum Gasteiger partial charge on any atom is -0.384 e. The van der Waals surface area contributed by atoms with Crippen LogP contribution in [0.3, 0.4) is 0 Å². The maximum atomic E-state index is 6.54. The van der Waals surface area contributed by atoms with Crippen LogP contribution >= 0.6 is 0 Å². The van der Waals surface area contributed by atoms with Crippen LogP contribution in [0.25, 0.3) is 0 Å². The summed E-state index contributed by atoms with van der Waals surface area (Å²) in [6, 6.07) is 10.6. The van der Waals surface area contributed by atoms with Gasteiger partial charge in [-0.25, -0.2) is 4.98 Å². The Labute approximate surface area is 146 Å². The second kappa shape index (κ2) is 8.36. The van der Waals surface area contributed by atoms with Crippen molar-refractivity contribution in [2.24, 2.45) is 0 Å². The van der Waals surface area contributed by atoms with Crippen molar-refractivity contribution in [3.05, 3.63) is 47.4 Å². The van der Waals surface area contributed by atoms with E-state index >= 15 is 0 Å². The molecule has 0 atom stereocenters. The summed E-state index contributed by atoms with van der Waals surface area (Å²) in [4.78, 5) is 5.04. The van der Waals surface area contributed by atoms with Crippen molar-refractivity contribution in [3.8, 4) is 0 Å². The Balaban J connectivity index is 1.87. The molecule has 24 heavy (non-hydrogen) atoms. The van der Waals surface area contributed by atoms with Gasteiger partial charge in [-0.15, -0.1) is 0 Å². The molecule has 130 valence electrons. The molecule has 1 aliphatic carbocycles. The predicted octanol–water partition coefficient (Wildman–Crippen LogP) is 5.29. The van der Waals surface area contributed by atoms with Gasteiger partial charge in [-0.2, -0.15) is 0 Å². The highest BCUT2D eigenvalue weighted by molar-refractivity contribution is 5.40. The van der Waals surface area contributed by atoms with E-state index in [9.17, 15) is 0 Å². The van der Waals surface area contributed by atoms with E-state index in [4.69, 9.17) is 10.7 Å². The van der Waals surface area contributed by atoms with E-state index in [-0.39, 0.29) is 0 Å². The lowest BCUT2D eigenvalue weighted by atomic mass is 9.88. The number of hydrogen-bond acceptors (Lipinski definition) is 2. The number of imidazole rings is 1. The van der Waals surface area contributed by atoms with Crippen LogP contribution in [-0.2, 0) is 13.0 Å². The van der Waals surface area contributed by atoms with Crippen molar-refractivity contribution in [1.82, 2.24) is 9.55 Å². The average Bonchev–Trinajstić information content (AvgIpc) is 2.93. The summed E-state index contributed by atoms with van der Waals surface area (Å²) in [5.41, 5.74) is 8.97. The highest BCUT2D eigenvalue weighted by Gasteiger charge is 2.24. The first-order valence-corrected chi connectivity index (χ1v) is 9.68. The molecule has 1 aromatic carbocycles. The van der Waals surface area contributed by atoms with Gasteiger partial charge in [-0.3, -0.25) is 0 Å². The molecule has 2 N–H and O–H groups in total. The normalized spacial score (nSPS) is 15.7. The second-order valence-corrected chi connectivity index (χ2v) is 7.17. The van der Waals surface area contributed by atoms with Crippen molar-refractivity contribution in [2.45, 2.75) is 77.2 Å². The molecule has 0 amide bonds. The van der Waals surface area contributed by atoms with Gasteiger partial charge in [-0.1, -0.05) is 69.4 Å². The van der Waals surface area contributed by atoms with Gasteiger partial charge in [0.1, 0.15) is 11.6 Å². The number of aromatic nitrogens is 2. The molecule has 0 aliphatic heterocycles. The molecule has 3 heteroatoms. The Kier molecular flexibility index (Phi) is 5.95. The van der Waals surface area contributed by atoms with Crippen LogP contribution in [0, 0.1) is 0 Å². The number of nitrogens with zero attached hydrogens (tertiary/aromatic N) is 2. The SMILES string of the molecule is CCCCCc1nc(C2CCCCC2)n(Cc2ccccc2)c1N. The molecule has 0 unspecified atom stereocenters. The van der Waals surface area contributed by atoms with Gasteiger partial charge < -0.3 is 10.3 Å². The zero-order valence-electron chi connectivity index (χ0n) is 15.0. The smallest absolute Gasteiger partial charge is 0.127 e. The lowest BCUT2D eigenvalue weighted by molar-refractivity contribution is 0.418. The van der Waals surface area contributed by atoms with Gasteiger partial charge in [0.15, 0.2) is 0 Å². The largest absolute Gasteiger partial charge is 0.384 e. The number of nitrogen functional groups attached to an aromatic ring is 1. The van der Waals surface area contributed by atoms with Crippen molar-refractivity contribution in [1.29, 1.82) is 0 Å². The maximum Gasteiger partial charge on any atom is 0.127 e. The summed E-state index contributed by atoms with van der Waals surface area (Å²) in [7, 11) is 0. The molecule has 0 spiro atoms. The topological polar surface area (TPSA) is 43.8 Å². The van der Waals surface area contributed by atoms with Crippen LogP contribution in [0.15, 0.2) is 30.3 Å². The monoisotopic (exact) mass is 325 g/mol. The number of benzene rings is 1. The number of unbranched alkanes of at least 4 members (excludes halogenated alkanes) is 2. The summed E-state index contributed by atoms with van der Waals surface area (Å²) >= 11 is 0. The number of aryl methyl sites for hydroxylation is 1. The van der Waals surface area contributed by atoms with Gasteiger partial charge in [0, 0.05) is 5.92 Å². The van der Waals surface area contributed by atoms with Gasteiger partial charge in [0.05, 0.1) is 12.2 Å². The minimum absolute atomic E-state index is 0.588.